The lowest BCUT2D eigenvalue weighted by atomic mass is 9.89. The number of aryl methyl sites for hydroxylation is 2. The summed E-state index contributed by atoms with van der Waals surface area (Å²) in [6.07, 6.45) is 9.35. The minimum absolute atomic E-state index is 0.0403. The lowest BCUT2D eigenvalue weighted by Gasteiger charge is -2.20. The van der Waals surface area contributed by atoms with Crippen LogP contribution in [0.2, 0.25) is 0 Å². The van der Waals surface area contributed by atoms with Crippen molar-refractivity contribution in [1.82, 2.24) is 25.0 Å². The zero-order valence-corrected chi connectivity index (χ0v) is 16.0. The fourth-order valence-electron chi connectivity index (χ4n) is 3.95. The molecule has 1 aromatic heterocycles. The van der Waals surface area contributed by atoms with Gasteiger partial charge in [0.05, 0.1) is 0 Å². The Morgan fingerprint density at radius 2 is 1.85 bits per heavy atom. The van der Waals surface area contributed by atoms with E-state index in [0.717, 1.165) is 57.3 Å². The van der Waals surface area contributed by atoms with Crippen LogP contribution in [-0.2, 0) is 29.1 Å². The van der Waals surface area contributed by atoms with E-state index in [0.29, 0.717) is 26.1 Å². The smallest absolute Gasteiger partial charge is 0.345 e. The van der Waals surface area contributed by atoms with Gasteiger partial charge < -0.3 is 10.6 Å². The number of rotatable bonds is 8. The van der Waals surface area contributed by atoms with E-state index in [-0.39, 0.29) is 29.8 Å². The number of amides is 2. The largest absolute Gasteiger partial charge is 0.356 e. The number of hydrogen-bond donors (Lipinski definition) is 2. The third-order valence-corrected chi connectivity index (χ3v) is 5.53. The Morgan fingerprint density at radius 1 is 1.04 bits per heavy atom. The quantitative estimate of drug-likeness (QED) is 0.660. The minimum Gasteiger partial charge on any atom is -0.356 e. The molecule has 2 aliphatic rings. The summed E-state index contributed by atoms with van der Waals surface area (Å²) in [6, 6.07) is 0. The maximum Gasteiger partial charge on any atom is 0.345 e. The molecule has 27 heavy (non-hydrogen) atoms. The van der Waals surface area contributed by atoms with Crippen molar-refractivity contribution in [2.45, 2.75) is 77.3 Å². The zero-order valence-electron chi connectivity index (χ0n) is 16.0. The number of nitrogens with one attached hydrogen (secondary N) is 2. The van der Waals surface area contributed by atoms with Gasteiger partial charge in [-0.05, 0) is 32.1 Å². The number of aromatic nitrogens is 3. The van der Waals surface area contributed by atoms with E-state index in [1.807, 2.05) is 0 Å². The van der Waals surface area contributed by atoms with Gasteiger partial charge in [0, 0.05) is 44.9 Å². The van der Waals surface area contributed by atoms with Gasteiger partial charge in [-0.25, -0.2) is 9.48 Å². The third-order valence-electron chi connectivity index (χ3n) is 5.53. The van der Waals surface area contributed by atoms with Gasteiger partial charge in [-0.2, -0.15) is 5.10 Å². The average Bonchev–Trinajstić information content (AvgIpc) is 3.02. The van der Waals surface area contributed by atoms with Crippen molar-refractivity contribution in [1.29, 1.82) is 0 Å². The summed E-state index contributed by atoms with van der Waals surface area (Å²) in [5.74, 6) is 1.02. The second-order valence-electron chi connectivity index (χ2n) is 7.61. The molecule has 0 bridgehead atoms. The third kappa shape index (κ3) is 5.43. The second-order valence-corrected chi connectivity index (χ2v) is 7.61. The zero-order chi connectivity index (χ0) is 19.1. The van der Waals surface area contributed by atoms with Crippen LogP contribution in [0.15, 0.2) is 4.79 Å². The molecule has 2 amide bonds. The molecule has 1 saturated carbocycles. The first-order valence-corrected chi connectivity index (χ1v) is 10.4. The normalized spacial score (nSPS) is 17.3. The molecule has 1 aromatic rings. The van der Waals surface area contributed by atoms with Crippen LogP contribution in [-0.4, -0.2) is 39.3 Å². The molecule has 0 aromatic carbocycles. The van der Waals surface area contributed by atoms with Gasteiger partial charge in [0.2, 0.25) is 11.8 Å². The van der Waals surface area contributed by atoms with Crippen LogP contribution < -0.4 is 16.3 Å². The highest BCUT2D eigenvalue weighted by atomic mass is 16.2. The summed E-state index contributed by atoms with van der Waals surface area (Å²) >= 11 is 0. The fourth-order valence-corrected chi connectivity index (χ4v) is 3.95. The van der Waals surface area contributed by atoms with Crippen molar-refractivity contribution in [3.63, 3.8) is 0 Å². The maximum absolute atomic E-state index is 12.2. The highest BCUT2D eigenvalue weighted by molar-refractivity contribution is 5.80. The van der Waals surface area contributed by atoms with Gasteiger partial charge in [-0.1, -0.05) is 19.3 Å². The minimum atomic E-state index is -0.0737. The molecule has 3 rings (SSSR count). The highest BCUT2D eigenvalue weighted by Gasteiger charge is 2.20. The van der Waals surface area contributed by atoms with Crippen LogP contribution in [0, 0.1) is 5.92 Å². The van der Waals surface area contributed by atoms with Crippen LogP contribution in [0.25, 0.3) is 0 Å². The molecule has 8 heteroatoms. The van der Waals surface area contributed by atoms with Gasteiger partial charge >= 0.3 is 5.69 Å². The molecule has 0 saturated heterocycles. The van der Waals surface area contributed by atoms with Gasteiger partial charge in [-0.15, -0.1) is 0 Å². The average molecular weight is 377 g/mol. The van der Waals surface area contributed by atoms with E-state index >= 15 is 0 Å². The molecule has 1 aliphatic carbocycles. The Labute approximate surface area is 159 Å². The monoisotopic (exact) mass is 377 g/mol. The number of carbonyl (C=O) groups excluding carboxylic acids is 2. The molecule has 2 N–H and O–H groups in total. The number of hydrogen-bond acceptors (Lipinski definition) is 4. The molecule has 2 heterocycles. The van der Waals surface area contributed by atoms with Crippen molar-refractivity contribution in [2.24, 2.45) is 5.92 Å². The van der Waals surface area contributed by atoms with E-state index < -0.39 is 0 Å². The van der Waals surface area contributed by atoms with E-state index in [9.17, 15) is 14.4 Å². The van der Waals surface area contributed by atoms with Crippen molar-refractivity contribution < 1.29 is 9.59 Å². The van der Waals surface area contributed by atoms with Gasteiger partial charge in [0.1, 0.15) is 5.82 Å². The van der Waals surface area contributed by atoms with Gasteiger partial charge in [0.25, 0.3) is 0 Å². The number of nitrogens with zero attached hydrogens (tertiary/aromatic N) is 3. The Balaban J connectivity index is 1.29. The summed E-state index contributed by atoms with van der Waals surface area (Å²) in [5.41, 5.74) is -0.0403. The summed E-state index contributed by atoms with van der Waals surface area (Å²) in [5, 5.41) is 10.1. The fraction of sp³-hybridized carbons (Fsp3) is 0.789. The summed E-state index contributed by atoms with van der Waals surface area (Å²) < 4.78 is 3.27. The Kier molecular flexibility index (Phi) is 7.06. The van der Waals surface area contributed by atoms with Crippen molar-refractivity contribution >= 4 is 11.8 Å². The highest BCUT2D eigenvalue weighted by Crippen LogP contribution is 2.23. The standard InChI is InChI=1S/C19H31N5O3/c25-17(10-12-21-18(26)15-7-2-1-3-8-15)20-11-6-14-24-19(27)23-13-5-4-9-16(23)22-24/h15H,1-14H2,(H,20,25)(H,21,26). The lowest BCUT2D eigenvalue weighted by molar-refractivity contribution is -0.126. The summed E-state index contributed by atoms with van der Waals surface area (Å²) in [7, 11) is 0. The second kappa shape index (κ2) is 9.71. The van der Waals surface area contributed by atoms with Crippen molar-refractivity contribution in [3.05, 3.63) is 16.3 Å². The van der Waals surface area contributed by atoms with Crippen molar-refractivity contribution in [2.75, 3.05) is 13.1 Å². The summed E-state index contributed by atoms with van der Waals surface area (Å²) in [6.45, 7) is 2.16. The first kappa shape index (κ1) is 19.6. The molecular formula is C19H31N5O3. The predicted molar refractivity (Wildman–Crippen MR) is 101 cm³/mol. The lowest BCUT2D eigenvalue weighted by Crippen LogP contribution is -2.35. The Morgan fingerprint density at radius 3 is 2.63 bits per heavy atom. The number of fused-ring (bicyclic) bond motifs is 1. The van der Waals surface area contributed by atoms with E-state index in [4.69, 9.17) is 0 Å². The molecule has 0 radical (unpaired) electrons. The Bertz CT molecular complexity index is 703. The van der Waals surface area contributed by atoms with E-state index in [1.165, 1.54) is 11.1 Å². The SMILES string of the molecule is O=C(CCNC(=O)C1CCCCC1)NCCCn1nc2n(c1=O)CCCC2. The molecule has 0 unspecified atom stereocenters. The predicted octanol–water partition coefficient (Wildman–Crippen LogP) is 0.974. The van der Waals surface area contributed by atoms with Gasteiger partial charge in [0.15, 0.2) is 0 Å². The van der Waals surface area contributed by atoms with Crippen LogP contribution >= 0.6 is 0 Å². The van der Waals surface area contributed by atoms with E-state index in [1.54, 1.807) is 4.57 Å². The van der Waals surface area contributed by atoms with Crippen LogP contribution in [0.1, 0.15) is 63.6 Å². The molecule has 1 fully saturated rings. The van der Waals surface area contributed by atoms with Crippen LogP contribution in [0.3, 0.4) is 0 Å². The molecule has 0 atom stereocenters. The summed E-state index contributed by atoms with van der Waals surface area (Å²) in [4.78, 5) is 36.1. The first-order valence-electron chi connectivity index (χ1n) is 10.4. The van der Waals surface area contributed by atoms with Crippen LogP contribution in [0.4, 0.5) is 0 Å². The topological polar surface area (TPSA) is 98.0 Å². The maximum atomic E-state index is 12.2. The Hall–Kier alpha value is -2.12. The first-order chi connectivity index (χ1) is 13.1. The molecule has 0 spiro atoms. The van der Waals surface area contributed by atoms with Crippen molar-refractivity contribution in [3.8, 4) is 0 Å². The molecule has 8 nitrogen and oxygen atoms in total. The molecular weight excluding hydrogens is 346 g/mol. The molecule has 1 aliphatic heterocycles. The van der Waals surface area contributed by atoms with Gasteiger partial charge in [-0.3, -0.25) is 14.2 Å². The van der Waals surface area contributed by atoms with Crippen LogP contribution in [0.5, 0.6) is 0 Å². The number of carbonyl (C=O) groups is 2. The molecule has 150 valence electrons. The van der Waals surface area contributed by atoms with E-state index in [2.05, 4.69) is 15.7 Å².